The van der Waals surface area contributed by atoms with E-state index in [1.165, 1.54) is 11.1 Å². The summed E-state index contributed by atoms with van der Waals surface area (Å²) < 4.78 is 2.17. The van der Waals surface area contributed by atoms with Gasteiger partial charge in [0.15, 0.2) is 12.4 Å². The minimum Gasteiger partial charge on any atom is -1.00 e. The van der Waals surface area contributed by atoms with Gasteiger partial charge < -0.3 is 22.0 Å². The van der Waals surface area contributed by atoms with Crippen molar-refractivity contribution in [2.24, 2.45) is 0 Å². The molecule has 0 unspecified atom stereocenters. The van der Waals surface area contributed by atoms with Crippen molar-refractivity contribution < 1.29 is 21.5 Å². The van der Waals surface area contributed by atoms with Crippen molar-refractivity contribution in [2.75, 3.05) is 0 Å². The molecule has 3 aromatic rings. The van der Waals surface area contributed by atoms with E-state index in [2.05, 4.69) is 47.1 Å². The van der Waals surface area contributed by atoms with Crippen LogP contribution in [-0.4, -0.2) is 4.98 Å². The average molecular weight is 342 g/mol. The predicted octanol–water partition coefficient (Wildman–Crippen LogP) is -0.0582. The molecule has 0 saturated carbocycles. The minimum absolute atomic E-state index is 0. The van der Waals surface area contributed by atoms with Gasteiger partial charge in [-0.25, -0.2) is 4.57 Å². The molecule has 2 heterocycles. The van der Waals surface area contributed by atoms with E-state index in [1.807, 2.05) is 24.4 Å². The monoisotopic (exact) mass is 341 g/mol. The third-order valence-corrected chi connectivity index (χ3v) is 3.58. The second-order valence-corrected chi connectivity index (χ2v) is 4.91. The molecule has 3 rings (SSSR count). The van der Waals surface area contributed by atoms with Gasteiger partial charge in [-0.3, -0.25) is 0 Å². The maximum atomic E-state index is 9.02. The maximum Gasteiger partial charge on any atom is 0.172 e. The Hall–Kier alpha value is -2.12. The first-order valence-electron chi connectivity index (χ1n) is 6.78. The highest BCUT2D eigenvalue weighted by Crippen LogP contribution is 2.21. The molecule has 0 saturated heterocycles. The smallest absolute Gasteiger partial charge is 0.172 e. The zero-order chi connectivity index (χ0) is 13.9. The minimum atomic E-state index is 0. The topological polar surface area (TPSA) is 43.5 Å². The number of aryl methyl sites for hydroxylation is 1. The van der Waals surface area contributed by atoms with Crippen LogP contribution in [0.3, 0.4) is 0 Å². The van der Waals surface area contributed by atoms with Gasteiger partial charge in [0.25, 0.3) is 0 Å². The van der Waals surface area contributed by atoms with E-state index in [4.69, 9.17) is 5.26 Å². The van der Waals surface area contributed by atoms with Gasteiger partial charge in [-0.05, 0) is 36.8 Å². The lowest BCUT2D eigenvalue weighted by molar-refractivity contribution is -0.693. The molecule has 0 fully saturated rings. The summed E-state index contributed by atoms with van der Waals surface area (Å²) in [6.45, 7) is 3.11. The van der Waals surface area contributed by atoms with Crippen molar-refractivity contribution in [2.45, 2.75) is 19.9 Å². The number of aromatic amines is 1. The van der Waals surface area contributed by atoms with Gasteiger partial charge in [0.1, 0.15) is 6.54 Å². The van der Waals surface area contributed by atoms with Crippen LogP contribution in [0.15, 0.2) is 48.9 Å². The van der Waals surface area contributed by atoms with Crippen LogP contribution in [0, 0.1) is 11.3 Å². The van der Waals surface area contributed by atoms with Crippen molar-refractivity contribution in [3.63, 3.8) is 0 Å². The lowest BCUT2D eigenvalue weighted by Crippen LogP contribution is -3.00. The van der Waals surface area contributed by atoms with Crippen molar-refractivity contribution in [1.82, 2.24) is 4.98 Å². The highest BCUT2D eigenvalue weighted by molar-refractivity contribution is 5.84. The SMILES string of the molecule is CC[n+]1cccc(Cc2c[nH]c3ccc(C#N)cc23)c1.[Br-]. The van der Waals surface area contributed by atoms with Gasteiger partial charge in [0.2, 0.25) is 0 Å². The van der Waals surface area contributed by atoms with Gasteiger partial charge in [0, 0.05) is 35.2 Å². The number of fused-ring (bicyclic) bond motifs is 1. The number of nitrogens with one attached hydrogen (secondary N) is 1. The Morgan fingerprint density at radius 1 is 1.29 bits per heavy atom. The molecular formula is C17H16BrN3. The fourth-order valence-corrected chi connectivity index (χ4v) is 2.49. The zero-order valence-electron chi connectivity index (χ0n) is 11.8. The fraction of sp³-hybridized carbons (Fsp3) is 0.176. The Labute approximate surface area is 134 Å². The molecule has 21 heavy (non-hydrogen) atoms. The first-order valence-corrected chi connectivity index (χ1v) is 6.78. The van der Waals surface area contributed by atoms with Crippen molar-refractivity contribution in [3.05, 3.63) is 65.6 Å². The summed E-state index contributed by atoms with van der Waals surface area (Å²) >= 11 is 0. The third-order valence-electron chi connectivity index (χ3n) is 3.58. The standard InChI is InChI=1S/C17H16N3.BrH/c1-2-20-7-3-4-14(12-20)8-15-11-19-17-6-5-13(10-18)9-16(15)17;/h3-7,9,11-12,19H,2,8H2,1H3;1H/q+1;/p-1. The molecule has 0 atom stereocenters. The third kappa shape index (κ3) is 3.14. The second kappa shape index (κ2) is 6.55. The summed E-state index contributed by atoms with van der Waals surface area (Å²) in [5, 5.41) is 10.2. The summed E-state index contributed by atoms with van der Waals surface area (Å²) in [5.74, 6) is 0. The maximum absolute atomic E-state index is 9.02. The van der Waals surface area contributed by atoms with E-state index in [-0.39, 0.29) is 17.0 Å². The molecule has 106 valence electrons. The van der Waals surface area contributed by atoms with E-state index in [1.54, 1.807) is 0 Å². The summed E-state index contributed by atoms with van der Waals surface area (Å²) in [6, 6.07) is 12.2. The Kier molecular flexibility index (Phi) is 4.77. The van der Waals surface area contributed by atoms with Crippen LogP contribution in [0.2, 0.25) is 0 Å². The molecule has 0 aliphatic rings. The van der Waals surface area contributed by atoms with Crippen molar-refractivity contribution in [1.29, 1.82) is 5.26 Å². The van der Waals surface area contributed by atoms with Crippen LogP contribution >= 0.6 is 0 Å². The van der Waals surface area contributed by atoms with Gasteiger partial charge in [-0.15, -0.1) is 0 Å². The Morgan fingerprint density at radius 3 is 2.90 bits per heavy atom. The van der Waals surface area contributed by atoms with Crippen LogP contribution in [0.25, 0.3) is 10.9 Å². The lowest BCUT2D eigenvalue weighted by atomic mass is 10.0. The second-order valence-electron chi connectivity index (χ2n) is 4.91. The van der Waals surface area contributed by atoms with Crippen LogP contribution in [-0.2, 0) is 13.0 Å². The first kappa shape index (κ1) is 15.3. The molecule has 0 bridgehead atoms. The van der Waals surface area contributed by atoms with Crippen molar-refractivity contribution >= 4 is 10.9 Å². The number of halogens is 1. The lowest BCUT2D eigenvalue weighted by Gasteiger charge is -2.00. The van der Waals surface area contributed by atoms with Crippen LogP contribution in [0.1, 0.15) is 23.6 Å². The van der Waals surface area contributed by atoms with Gasteiger partial charge >= 0.3 is 0 Å². The largest absolute Gasteiger partial charge is 1.00 e. The normalized spacial score (nSPS) is 10.1. The molecule has 0 spiro atoms. The van der Waals surface area contributed by atoms with Crippen LogP contribution in [0.5, 0.6) is 0 Å². The van der Waals surface area contributed by atoms with E-state index in [0.717, 1.165) is 23.9 Å². The summed E-state index contributed by atoms with van der Waals surface area (Å²) in [6.07, 6.45) is 7.16. The number of benzene rings is 1. The molecule has 3 nitrogen and oxygen atoms in total. The van der Waals surface area contributed by atoms with Gasteiger partial charge in [0.05, 0.1) is 11.6 Å². The molecule has 0 aliphatic heterocycles. The van der Waals surface area contributed by atoms with Gasteiger partial charge in [-0.1, -0.05) is 0 Å². The summed E-state index contributed by atoms with van der Waals surface area (Å²) in [7, 11) is 0. The number of aromatic nitrogens is 2. The fourth-order valence-electron chi connectivity index (χ4n) is 2.49. The highest BCUT2D eigenvalue weighted by Gasteiger charge is 2.08. The van der Waals surface area contributed by atoms with E-state index in [0.29, 0.717) is 5.56 Å². The Balaban J connectivity index is 0.00000161. The molecule has 1 aromatic carbocycles. The molecule has 0 radical (unpaired) electrons. The number of pyridine rings is 1. The molecule has 0 aliphatic carbocycles. The number of hydrogen-bond donors (Lipinski definition) is 1. The van der Waals surface area contributed by atoms with Crippen molar-refractivity contribution in [3.8, 4) is 6.07 Å². The van der Waals surface area contributed by atoms with E-state index >= 15 is 0 Å². The summed E-state index contributed by atoms with van der Waals surface area (Å²) in [4.78, 5) is 3.27. The first-order chi connectivity index (χ1) is 9.80. The summed E-state index contributed by atoms with van der Waals surface area (Å²) in [5.41, 5.74) is 4.29. The number of hydrogen-bond acceptors (Lipinski definition) is 1. The molecule has 2 aromatic heterocycles. The van der Waals surface area contributed by atoms with Crippen LogP contribution < -0.4 is 21.5 Å². The van der Waals surface area contributed by atoms with Crippen LogP contribution in [0.4, 0.5) is 0 Å². The van der Waals surface area contributed by atoms with E-state index < -0.39 is 0 Å². The van der Waals surface area contributed by atoms with Gasteiger partial charge in [-0.2, -0.15) is 5.26 Å². The van der Waals surface area contributed by atoms with E-state index in [9.17, 15) is 0 Å². The predicted molar refractivity (Wildman–Crippen MR) is 78.1 cm³/mol. The molecule has 4 heteroatoms. The number of nitriles is 1. The Morgan fingerprint density at radius 2 is 2.14 bits per heavy atom. The quantitative estimate of drug-likeness (QED) is 0.666. The average Bonchev–Trinajstić information content (AvgIpc) is 2.89. The highest BCUT2D eigenvalue weighted by atomic mass is 79.9. The number of H-pyrrole nitrogens is 1. The number of nitrogens with zero attached hydrogens (tertiary/aromatic N) is 2. The molecule has 1 N–H and O–H groups in total. The Bertz CT molecular complexity index is 799. The molecule has 0 amide bonds. The molecular weight excluding hydrogens is 326 g/mol. The zero-order valence-corrected chi connectivity index (χ0v) is 13.4. The number of rotatable bonds is 3.